The van der Waals surface area contributed by atoms with Gasteiger partial charge < -0.3 is 20.4 Å². The number of H-pyrrole nitrogens is 1. The monoisotopic (exact) mass is 426 g/mol. The van der Waals surface area contributed by atoms with Gasteiger partial charge in [-0.2, -0.15) is 0 Å². The van der Waals surface area contributed by atoms with Gasteiger partial charge in [-0.05, 0) is 31.0 Å². The van der Waals surface area contributed by atoms with E-state index in [9.17, 15) is 14.4 Å². The Bertz CT molecular complexity index is 1170. The summed E-state index contributed by atoms with van der Waals surface area (Å²) in [5, 5.41) is 5.41. The van der Waals surface area contributed by atoms with Crippen molar-refractivity contribution in [3.63, 3.8) is 0 Å². The quantitative estimate of drug-likeness (QED) is 0.437. The van der Waals surface area contributed by atoms with Gasteiger partial charge in [-0.1, -0.05) is 6.92 Å². The van der Waals surface area contributed by atoms with Gasteiger partial charge in [0.05, 0.1) is 12.1 Å². The van der Waals surface area contributed by atoms with Crippen molar-refractivity contribution in [3.05, 3.63) is 51.3 Å². The third-order valence-electron chi connectivity index (χ3n) is 4.72. The smallest absolute Gasteiger partial charge is 0.293 e. The van der Waals surface area contributed by atoms with Crippen LogP contribution in [0.25, 0.3) is 22.3 Å². The Morgan fingerprint density at radius 1 is 1.26 bits per heavy atom. The summed E-state index contributed by atoms with van der Waals surface area (Å²) in [4.78, 5) is 47.8. The molecule has 0 bridgehead atoms. The van der Waals surface area contributed by atoms with Crippen LogP contribution in [0.2, 0.25) is 0 Å². The van der Waals surface area contributed by atoms with Crippen LogP contribution in [-0.2, 0) is 16.1 Å². The van der Waals surface area contributed by atoms with Gasteiger partial charge in [-0.3, -0.25) is 19.0 Å². The minimum absolute atomic E-state index is 0.0448. The van der Waals surface area contributed by atoms with Crippen LogP contribution >= 0.6 is 0 Å². The Morgan fingerprint density at radius 2 is 2.06 bits per heavy atom. The minimum Gasteiger partial charge on any atom is -0.380 e. The minimum atomic E-state index is -0.646. The van der Waals surface area contributed by atoms with Gasteiger partial charge >= 0.3 is 0 Å². The largest absolute Gasteiger partial charge is 0.380 e. The number of carbonyl (C=O) groups is 1. The number of carbonyl (C=O) groups excluding carboxylic acids is 1. The second kappa shape index (κ2) is 9.98. The Hall–Kier alpha value is -3.53. The number of likely N-dealkylation sites (N-methyl/N-ethyl adjacent to an activating group) is 1. The molecule has 10 heteroatoms. The van der Waals surface area contributed by atoms with Crippen molar-refractivity contribution in [1.82, 2.24) is 24.8 Å². The van der Waals surface area contributed by atoms with E-state index in [4.69, 9.17) is 4.74 Å². The third-order valence-corrected chi connectivity index (χ3v) is 4.72. The van der Waals surface area contributed by atoms with Crippen LogP contribution in [0.15, 0.2) is 40.2 Å². The molecule has 0 saturated heterocycles. The van der Waals surface area contributed by atoms with Crippen LogP contribution in [0.5, 0.6) is 0 Å². The Labute approximate surface area is 178 Å². The highest BCUT2D eigenvalue weighted by molar-refractivity contribution is 5.84. The van der Waals surface area contributed by atoms with Crippen LogP contribution in [0.1, 0.15) is 20.3 Å². The fraction of sp³-hybridized carbons (Fsp3) is 0.381. The van der Waals surface area contributed by atoms with Crippen molar-refractivity contribution in [2.24, 2.45) is 0 Å². The third kappa shape index (κ3) is 5.15. The number of nitrogens with zero attached hydrogens (tertiary/aromatic N) is 3. The standard InChI is InChI=1S/C21H26N6O4/c1-4-8-31-9-7-27-16-10-15(14-5-6-17(28)23-11-14)12-24-18(16)26-19(21(27)30)25-13(2)20(29)22-3/h5-6,10-13H,4,7-9H2,1-3H3,(H,22,29)(H,23,28)(H,24,25,26). The summed E-state index contributed by atoms with van der Waals surface area (Å²) in [7, 11) is 1.53. The molecule has 0 radical (unpaired) electrons. The summed E-state index contributed by atoms with van der Waals surface area (Å²) < 4.78 is 7.11. The summed E-state index contributed by atoms with van der Waals surface area (Å²) in [5.41, 5.74) is 1.80. The average molecular weight is 426 g/mol. The highest BCUT2D eigenvalue weighted by Gasteiger charge is 2.17. The molecule has 3 rings (SSSR count). The zero-order chi connectivity index (χ0) is 22.4. The molecule has 164 valence electrons. The molecular formula is C21H26N6O4. The summed E-state index contributed by atoms with van der Waals surface area (Å²) in [6, 6.07) is 4.27. The number of nitrogens with one attached hydrogen (secondary N) is 3. The molecule has 3 heterocycles. The summed E-state index contributed by atoms with van der Waals surface area (Å²) in [6.45, 7) is 4.90. The molecule has 10 nitrogen and oxygen atoms in total. The molecule has 1 amide bonds. The van der Waals surface area contributed by atoms with Crippen LogP contribution < -0.4 is 21.8 Å². The number of hydrogen-bond donors (Lipinski definition) is 3. The molecule has 3 N–H and O–H groups in total. The maximum atomic E-state index is 13.2. The molecule has 0 spiro atoms. The molecule has 0 saturated carbocycles. The van der Waals surface area contributed by atoms with E-state index in [1.807, 2.05) is 6.92 Å². The highest BCUT2D eigenvalue weighted by atomic mass is 16.5. The average Bonchev–Trinajstić information content (AvgIpc) is 2.78. The fourth-order valence-corrected chi connectivity index (χ4v) is 3.08. The van der Waals surface area contributed by atoms with Crippen molar-refractivity contribution < 1.29 is 9.53 Å². The maximum Gasteiger partial charge on any atom is 0.293 e. The lowest BCUT2D eigenvalue weighted by atomic mass is 10.1. The first-order valence-electron chi connectivity index (χ1n) is 10.1. The number of amides is 1. The zero-order valence-corrected chi connectivity index (χ0v) is 17.8. The van der Waals surface area contributed by atoms with E-state index >= 15 is 0 Å². The number of aromatic nitrogens is 4. The van der Waals surface area contributed by atoms with E-state index in [0.29, 0.717) is 30.9 Å². The first-order valence-corrected chi connectivity index (χ1v) is 10.1. The van der Waals surface area contributed by atoms with E-state index in [-0.39, 0.29) is 22.8 Å². The highest BCUT2D eigenvalue weighted by Crippen LogP contribution is 2.21. The van der Waals surface area contributed by atoms with E-state index < -0.39 is 6.04 Å². The molecule has 3 aromatic rings. The van der Waals surface area contributed by atoms with Crippen molar-refractivity contribution >= 4 is 22.9 Å². The normalized spacial score (nSPS) is 12.0. The van der Waals surface area contributed by atoms with Gasteiger partial charge in [-0.15, -0.1) is 0 Å². The number of aromatic amines is 1. The van der Waals surface area contributed by atoms with E-state index in [1.54, 1.807) is 36.0 Å². The Balaban J connectivity index is 2.07. The van der Waals surface area contributed by atoms with Gasteiger partial charge in [0.25, 0.3) is 5.56 Å². The predicted molar refractivity (Wildman–Crippen MR) is 118 cm³/mol. The van der Waals surface area contributed by atoms with Crippen LogP contribution in [0.3, 0.4) is 0 Å². The molecule has 1 atom stereocenters. The van der Waals surface area contributed by atoms with Crippen molar-refractivity contribution in [3.8, 4) is 11.1 Å². The molecule has 0 aromatic carbocycles. The van der Waals surface area contributed by atoms with Gasteiger partial charge in [0, 0.05) is 44.2 Å². The number of pyridine rings is 2. The van der Waals surface area contributed by atoms with Crippen LogP contribution in [0.4, 0.5) is 5.82 Å². The molecule has 0 aliphatic heterocycles. The summed E-state index contributed by atoms with van der Waals surface area (Å²) in [5.74, 6) is -0.219. The van der Waals surface area contributed by atoms with Crippen molar-refractivity contribution in [1.29, 1.82) is 0 Å². The predicted octanol–water partition coefficient (Wildman–Crippen LogP) is 1.12. The van der Waals surface area contributed by atoms with E-state index in [1.165, 1.54) is 13.1 Å². The number of fused-ring (bicyclic) bond motifs is 1. The lowest BCUT2D eigenvalue weighted by Crippen LogP contribution is -2.38. The van der Waals surface area contributed by atoms with Gasteiger partial charge in [0.1, 0.15) is 6.04 Å². The van der Waals surface area contributed by atoms with Crippen LogP contribution in [0, 0.1) is 0 Å². The first-order chi connectivity index (χ1) is 14.9. The molecule has 0 fully saturated rings. The number of hydrogen-bond acceptors (Lipinski definition) is 7. The van der Waals surface area contributed by atoms with Crippen LogP contribution in [-0.4, -0.2) is 51.7 Å². The lowest BCUT2D eigenvalue weighted by Gasteiger charge is -2.16. The topological polar surface area (TPSA) is 131 Å². The second-order valence-electron chi connectivity index (χ2n) is 7.02. The first kappa shape index (κ1) is 22.2. The maximum absolute atomic E-state index is 13.2. The Kier molecular flexibility index (Phi) is 7.14. The number of rotatable bonds is 9. The van der Waals surface area contributed by atoms with Gasteiger partial charge in [0.15, 0.2) is 11.5 Å². The number of anilines is 1. The lowest BCUT2D eigenvalue weighted by molar-refractivity contribution is -0.121. The zero-order valence-electron chi connectivity index (χ0n) is 17.8. The molecule has 1 unspecified atom stereocenters. The molecule has 0 aliphatic carbocycles. The summed E-state index contributed by atoms with van der Waals surface area (Å²) in [6.07, 6.45) is 4.09. The van der Waals surface area contributed by atoms with Crippen molar-refractivity contribution in [2.45, 2.75) is 32.9 Å². The molecule has 0 aliphatic rings. The van der Waals surface area contributed by atoms with E-state index in [0.717, 1.165) is 17.5 Å². The van der Waals surface area contributed by atoms with Gasteiger partial charge in [0.2, 0.25) is 11.5 Å². The molecule has 31 heavy (non-hydrogen) atoms. The SMILES string of the molecule is CCCOCCn1c(=O)c(NC(C)C(=O)NC)nc2ncc(-c3ccc(=O)[nH]c3)cc21. The molecule has 3 aromatic heterocycles. The summed E-state index contributed by atoms with van der Waals surface area (Å²) >= 11 is 0. The molecular weight excluding hydrogens is 400 g/mol. The Morgan fingerprint density at radius 3 is 2.74 bits per heavy atom. The van der Waals surface area contributed by atoms with E-state index in [2.05, 4.69) is 25.6 Å². The van der Waals surface area contributed by atoms with Crippen molar-refractivity contribution in [2.75, 3.05) is 25.6 Å². The van der Waals surface area contributed by atoms with Gasteiger partial charge in [-0.25, -0.2) is 9.97 Å². The fourth-order valence-electron chi connectivity index (χ4n) is 3.08. The second-order valence-corrected chi connectivity index (χ2v) is 7.02. The number of ether oxygens (including phenoxy) is 1.